The predicted molar refractivity (Wildman–Crippen MR) is 68.0 cm³/mol. The van der Waals surface area contributed by atoms with Gasteiger partial charge >= 0.3 is 11.9 Å². The number of carboxylic acids is 2. The maximum absolute atomic E-state index is 12.4. The maximum Gasteiger partial charge on any atom is 0.335 e. The van der Waals surface area contributed by atoms with Crippen LogP contribution in [0, 0.1) is 0 Å². The Balaban J connectivity index is 2.42. The van der Waals surface area contributed by atoms with Gasteiger partial charge < -0.3 is 10.2 Å². The number of sulfonamides is 1. The maximum atomic E-state index is 12.4. The zero-order valence-electron chi connectivity index (χ0n) is 10.4. The van der Waals surface area contributed by atoms with Crippen LogP contribution in [-0.2, 0) is 14.8 Å². The Hall–Kier alpha value is -1.93. The molecule has 1 aliphatic heterocycles. The van der Waals surface area contributed by atoms with Gasteiger partial charge in [0.2, 0.25) is 10.0 Å². The molecule has 0 aliphatic carbocycles. The molecule has 1 saturated heterocycles. The minimum atomic E-state index is -4.00. The second-order valence-electron chi connectivity index (χ2n) is 4.45. The third kappa shape index (κ3) is 2.52. The fourth-order valence-corrected chi connectivity index (χ4v) is 3.90. The minimum Gasteiger partial charge on any atom is -0.480 e. The van der Waals surface area contributed by atoms with E-state index in [4.69, 9.17) is 10.2 Å². The van der Waals surface area contributed by atoms with Crippen molar-refractivity contribution < 1.29 is 28.2 Å². The van der Waals surface area contributed by atoms with Gasteiger partial charge in [-0.2, -0.15) is 4.31 Å². The highest BCUT2D eigenvalue weighted by Crippen LogP contribution is 2.26. The highest BCUT2D eigenvalue weighted by molar-refractivity contribution is 7.89. The van der Waals surface area contributed by atoms with Crippen molar-refractivity contribution in [2.24, 2.45) is 0 Å². The van der Waals surface area contributed by atoms with E-state index >= 15 is 0 Å². The number of rotatable bonds is 4. The molecule has 108 valence electrons. The molecule has 1 aromatic carbocycles. The first-order valence-electron chi connectivity index (χ1n) is 5.92. The van der Waals surface area contributed by atoms with Crippen LogP contribution in [0.1, 0.15) is 23.2 Å². The molecule has 0 aromatic heterocycles. The van der Waals surface area contributed by atoms with Crippen LogP contribution < -0.4 is 0 Å². The van der Waals surface area contributed by atoms with Crippen molar-refractivity contribution >= 4 is 22.0 Å². The molecule has 8 heteroatoms. The molecule has 0 spiro atoms. The molecule has 0 bridgehead atoms. The van der Waals surface area contributed by atoms with E-state index in [1.165, 1.54) is 18.2 Å². The minimum absolute atomic E-state index is 0.122. The first-order chi connectivity index (χ1) is 9.34. The summed E-state index contributed by atoms with van der Waals surface area (Å²) in [6, 6.07) is 3.81. The summed E-state index contributed by atoms with van der Waals surface area (Å²) in [7, 11) is -4.00. The van der Waals surface area contributed by atoms with Crippen LogP contribution >= 0.6 is 0 Å². The molecule has 1 heterocycles. The fourth-order valence-electron chi connectivity index (χ4n) is 2.20. The van der Waals surface area contributed by atoms with Gasteiger partial charge in [-0.1, -0.05) is 6.07 Å². The van der Waals surface area contributed by atoms with Gasteiger partial charge in [-0.05, 0) is 31.0 Å². The Kier molecular flexibility index (Phi) is 3.78. The molecule has 0 radical (unpaired) electrons. The van der Waals surface area contributed by atoms with E-state index in [0.717, 1.165) is 10.4 Å². The first-order valence-corrected chi connectivity index (χ1v) is 7.36. The van der Waals surface area contributed by atoms with Crippen LogP contribution in [0.2, 0.25) is 0 Å². The molecular weight excluding hydrogens is 286 g/mol. The van der Waals surface area contributed by atoms with E-state index in [-0.39, 0.29) is 23.4 Å². The molecule has 1 atom stereocenters. The van der Waals surface area contributed by atoms with Gasteiger partial charge in [-0.3, -0.25) is 4.79 Å². The van der Waals surface area contributed by atoms with E-state index < -0.39 is 28.0 Å². The Bertz CT molecular complexity index is 654. The van der Waals surface area contributed by atoms with Crippen LogP contribution in [0.15, 0.2) is 29.2 Å². The third-order valence-corrected chi connectivity index (χ3v) is 5.08. The monoisotopic (exact) mass is 299 g/mol. The summed E-state index contributed by atoms with van der Waals surface area (Å²) in [5, 5.41) is 17.9. The zero-order valence-corrected chi connectivity index (χ0v) is 11.2. The van der Waals surface area contributed by atoms with Crippen LogP contribution in [-0.4, -0.2) is 47.5 Å². The van der Waals surface area contributed by atoms with Crippen molar-refractivity contribution in [1.29, 1.82) is 0 Å². The molecule has 2 rings (SSSR count). The largest absolute Gasteiger partial charge is 0.480 e. The number of aromatic carboxylic acids is 1. The van der Waals surface area contributed by atoms with Crippen molar-refractivity contribution in [3.8, 4) is 0 Å². The lowest BCUT2D eigenvalue weighted by atomic mass is 10.2. The Morgan fingerprint density at radius 2 is 1.95 bits per heavy atom. The average Bonchev–Trinajstić information content (AvgIpc) is 2.89. The number of nitrogens with zero attached hydrogens (tertiary/aromatic N) is 1. The summed E-state index contributed by atoms with van der Waals surface area (Å²) < 4.78 is 25.7. The summed E-state index contributed by atoms with van der Waals surface area (Å²) in [5.74, 6) is -2.43. The molecule has 1 fully saturated rings. The van der Waals surface area contributed by atoms with Crippen molar-refractivity contribution in [1.82, 2.24) is 4.31 Å². The van der Waals surface area contributed by atoms with Gasteiger partial charge in [0.15, 0.2) is 0 Å². The second-order valence-corrected chi connectivity index (χ2v) is 6.34. The highest BCUT2D eigenvalue weighted by atomic mass is 32.2. The van der Waals surface area contributed by atoms with Gasteiger partial charge in [0.25, 0.3) is 0 Å². The molecule has 0 saturated carbocycles. The van der Waals surface area contributed by atoms with Gasteiger partial charge in [0, 0.05) is 6.54 Å². The molecule has 7 nitrogen and oxygen atoms in total. The SMILES string of the molecule is O=C(O)c1cccc(S(=O)(=O)N2CCCC2C(=O)O)c1. The second kappa shape index (κ2) is 5.22. The van der Waals surface area contributed by atoms with Crippen molar-refractivity contribution in [3.63, 3.8) is 0 Å². The highest BCUT2D eigenvalue weighted by Gasteiger charge is 2.39. The number of carboxylic acid groups (broad SMARTS) is 2. The molecule has 20 heavy (non-hydrogen) atoms. The van der Waals surface area contributed by atoms with Crippen LogP contribution in [0.4, 0.5) is 0 Å². The van der Waals surface area contributed by atoms with Crippen LogP contribution in [0.3, 0.4) is 0 Å². The molecule has 1 aliphatic rings. The Morgan fingerprint density at radius 3 is 2.55 bits per heavy atom. The van der Waals surface area contributed by atoms with Gasteiger partial charge in [-0.15, -0.1) is 0 Å². The third-order valence-electron chi connectivity index (χ3n) is 3.18. The molecule has 1 unspecified atom stereocenters. The van der Waals surface area contributed by atoms with E-state index in [2.05, 4.69) is 0 Å². The molecule has 2 N–H and O–H groups in total. The molecule has 1 aromatic rings. The standard InChI is InChI=1S/C12H13NO6S/c14-11(15)8-3-1-4-9(7-8)20(18,19)13-6-2-5-10(13)12(16)17/h1,3-4,7,10H,2,5-6H2,(H,14,15)(H,16,17). The van der Waals surface area contributed by atoms with E-state index in [1.807, 2.05) is 0 Å². The average molecular weight is 299 g/mol. The van der Waals surface area contributed by atoms with E-state index in [1.54, 1.807) is 0 Å². The van der Waals surface area contributed by atoms with Crippen LogP contribution in [0.25, 0.3) is 0 Å². The first kappa shape index (κ1) is 14.5. The van der Waals surface area contributed by atoms with Gasteiger partial charge in [0.1, 0.15) is 6.04 Å². The lowest BCUT2D eigenvalue weighted by molar-refractivity contribution is -0.140. The quantitative estimate of drug-likeness (QED) is 0.843. The normalized spacial score (nSPS) is 19.9. The Labute approximate surface area is 115 Å². The number of hydrogen-bond donors (Lipinski definition) is 2. The Morgan fingerprint density at radius 1 is 1.25 bits per heavy atom. The summed E-state index contributed by atoms with van der Waals surface area (Å²) in [6.07, 6.45) is 0.724. The van der Waals surface area contributed by atoms with Crippen molar-refractivity contribution in [2.45, 2.75) is 23.8 Å². The van der Waals surface area contributed by atoms with Gasteiger partial charge in [0.05, 0.1) is 10.5 Å². The van der Waals surface area contributed by atoms with E-state index in [0.29, 0.717) is 6.42 Å². The fraction of sp³-hybridized carbons (Fsp3) is 0.333. The van der Waals surface area contributed by atoms with Gasteiger partial charge in [-0.25, -0.2) is 13.2 Å². The summed E-state index contributed by atoms with van der Waals surface area (Å²) in [5.41, 5.74) is -0.155. The molecule has 0 amide bonds. The smallest absolute Gasteiger partial charge is 0.335 e. The summed E-state index contributed by atoms with van der Waals surface area (Å²) in [4.78, 5) is 21.7. The topological polar surface area (TPSA) is 112 Å². The van der Waals surface area contributed by atoms with E-state index in [9.17, 15) is 18.0 Å². The van der Waals surface area contributed by atoms with Crippen molar-refractivity contribution in [3.05, 3.63) is 29.8 Å². The molecular formula is C12H13NO6S. The zero-order chi connectivity index (χ0) is 14.9. The van der Waals surface area contributed by atoms with Crippen LogP contribution in [0.5, 0.6) is 0 Å². The van der Waals surface area contributed by atoms with Crippen molar-refractivity contribution in [2.75, 3.05) is 6.54 Å². The summed E-state index contributed by atoms with van der Waals surface area (Å²) >= 11 is 0. The number of carbonyl (C=O) groups is 2. The predicted octanol–water partition coefficient (Wildman–Crippen LogP) is 0.623. The number of benzene rings is 1. The lowest BCUT2D eigenvalue weighted by Gasteiger charge is -2.21. The number of aliphatic carboxylic acids is 1. The lowest BCUT2D eigenvalue weighted by Crippen LogP contribution is -2.40. The number of hydrogen-bond acceptors (Lipinski definition) is 4. The summed E-state index contributed by atoms with van der Waals surface area (Å²) in [6.45, 7) is 0.122.